The molecule has 0 radical (unpaired) electrons. The van der Waals surface area contributed by atoms with Crippen molar-refractivity contribution in [2.75, 3.05) is 31.1 Å². The van der Waals surface area contributed by atoms with E-state index in [1.807, 2.05) is 23.1 Å². The minimum atomic E-state index is -0.00488. The van der Waals surface area contributed by atoms with Gasteiger partial charge in [0, 0.05) is 51.0 Å². The second-order valence-corrected chi connectivity index (χ2v) is 5.56. The van der Waals surface area contributed by atoms with Crippen molar-refractivity contribution in [2.45, 2.75) is 0 Å². The van der Waals surface area contributed by atoms with Gasteiger partial charge in [-0.3, -0.25) is 14.8 Å². The molecular formula is C17H16N6O. The van der Waals surface area contributed by atoms with Gasteiger partial charge in [0.2, 0.25) is 5.95 Å². The quantitative estimate of drug-likeness (QED) is 0.710. The standard InChI is InChI=1S/C17H16N6O/c24-16(13-3-1-4-14-15(13)19-8-7-18-14)22-9-11-23(12-10-22)17-20-5-2-6-21-17/h1-8H,9-12H2. The topological polar surface area (TPSA) is 75.1 Å². The Balaban J connectivity index is 1.52. The number of nitrogens with zero attached hydrogens (tertiary/aromatic N) is 6. The third-order valence-electron chi connectivity index (χ3n) is 4.13. The van der Waals surface area contributed by atoms with Gasteiger partial charge < -0.3 is 9.80 Å². The van der Waals surface area contributed by atoms with Crippen molar-refractivity contribution in [1.29, 1.82) is 0 Å². The Morgan fingerprint density at radius 2 is 1.58 bits per heavy atom. The van der Waals surface area contributed by atoms with Crippen LogP contribution in [-0.2, 0) is 0 Å². The smallest absolute Gasteiger partial charge is 0.256 e. The van der Waals surface area contributed by atoms with Gasteiger partial charge >= 0.3 is 0 Å². The van der Waals surface area contributed by atoms with E-state index in [0.717, 1.165) is 5.52 Å². The largest absolute Gasteiger partial charge is 0.337 e. The second kappa shape index (κ2) is 6.19. The van der Waals surface area contributed by atoms with Crippen LogP contribution in [0.5, 0.6) is 0 Å². The fourth-order valence-corrected chi connectivity index (χ4v) is 2.90. The van der Waals surface area contributed by atoms with Crippen LogP contribution >= 0.6 is 0 Å². The molecule has 7 heteroatoms. The average molecular weight is 320 g/mol. The summed E-state index contributed by atoms with van der Waals surface area (Å²) in [4.78, 5) is 33.9. The van der Waals surface area contributed by atoms with Crippen molar-refractivity contribution in [3.05, 3.63) is 54.6 Å². The number of carbonyl (C=O) groups is 1. The van der Waals surface area contributed by atoms with Crippen LogP contribution in [-0.4, -0.2) is 56.9 Å². The summed E-state index contributed by atoms with van der Waals surface area (Å²) in [5, 5.41) is 0. The highest BCUT2D eigenvalue weighted by molar-refractivity contribution is 6.04. The molecule has 0 spiro atoms. The van der Waals surface area contributed by atoms with Crippen LogP contribution in [0.3, 0.4) is 0 Å². The zero-order chi connectivity index (χ0) is 16.4. The van der Waals surface area contributed by atoms with Gasteiger partial charge in [-0.1, -0.05) is 6.07 Å². The molecule has 0 N–H and O–H groups in total. The maximum absolute atomic E-state index is 12.9. The molecule has 1 fully saturated rings. The molecule has 1 aliphatic heterocycles. The number of fused-ring (bicyclic) bond motifs is 1. The zero-order valence-corrected chi connectivity index (χ0v) is 13.0. The van der Waals surface area contributed by atoms with Gasteiger partial charge in [-0.25, -0.2) is 9.97 Å². The Morgan fingerprint density at radius 1 is 0.833 bits per heavy atom. The molecule has 0 atom stereocenters. The van der Waals surface area contributed by atoms with Crippen LogP contribution < -0.4 is 4.90 Å². The molecule has 3 aromatic rings. The maximum Gasteiger partial charge on any atom is 0.256 e. The molecule has 3 heterocycles. The lowest BCUT2D eigenvalue weighted by atomic mass is 10.1. The molecule has 0 bridgehead atoms. The summed E-state index contributed by atoms with van der Waals surface area (Å²) < 4.78 is 0. The predicted octanol–water partition coefficient (Wildman–Crippen LogP) is 1.38. The molecule has 1 amide bonds. The normalized spacial score (nSPS) is 14.8. The Labute approximate surface area is 139 Å². The number of anilines is 1. The lowest BCUT2D eigenvalue weighted by Gasteiger charge is -2.34. The minimum absolute atomic E-state index is 0.00488. The number of aromatic nitrogens is 4. The Hall–Kier alpha value is -3.09. The van der Waals surface area contributed by atoms with Crippen molar-refractivity contribution in [3.8, 4) is 0 Å². The molecule has 4 rings (SSSR count). The maximum atomic E-state index is 12.9. The fraction of sp³-hybridized carbons (Fsp3) is 0.235. The monoisotopic (exact) mass is 320 g/mol. The average Bonchev–Trinajstić information content (AvgIpc) is 2.68. The molecule has 0 saturated carbocycles. The molecule has 1 aliphatic rings. The molecule has 120 valence electrons. The zero-order valence-electron chi connectivity index (χ0n) is 13.0. The number of para-hydroxylation sites is 1. The first-order valence-electron chi connectivity index (χ1n) is 7.84. The molecule has 1 aromatic carbocycles. The first kappa shape index (κ1) is 14.5. The number of hydrogen-bond acceptors (Lipinski definition) is 6. The Morgan fingerprint density at radius 3 is 2.38 bits per heavy atom. The summed E-state index contributed by atoms with van der Waals surface area (Å²) in [6, 6.07) is 7.32. The van der Waals surface area contributed by atoms with E-state index in [4.69, 9.17) is 0 Å². The lowest BCUT2D eigenvalue weighted by molar-refractivity contribution is 0.0748. The van der Waals surface area contributed by atoms with Crippen molar-refractivity contribution in [1.82, 2.24) is 24.8 Å². The summed E-state index contributed by atoms with van der Waals surface area (Å²) in [7, 11) is 0. The van der Waals surface area contributed by atoms with E-state index in [0.29, 0.717) is 43.2 Å². The van der Waals surface area contributed by atoms with Crippen LogP contribution in [0.15, 0.2) is 49.1 Å². The summed E-state index contributed by atoms with van der Waals surface area (Å²) in [6.07, 6.45) is 6.71. The van der Waals surface area contributed by atoms with Crippen LogP contribution in [0, 0.1) is 0 Å². The van der Waals surface area contributed by atoms with Gasteiger partial charge in [-0.05, 0) is 18.2 Å². The van der Waals surface area contributed by atoms with Crippen molar-refractivity contribution >= 4 is 22.9 Å². The molecule has 0 aliphatic carbocycles. The highest BCUT2D eigenvalue weighted by Gasteiger charge is 2.24. The third-order valence-corrected chi connectivity index (χ3v) is 4.13. The highest BCUT2D eigenvalue weighted by Crippen LogP contribution is 2.18. The predicted molar refractivity (Wildman–Crippen MR) is 89.7 cm³/mol. The number of rotatable bonds is 2. The van der Waals surface area contributed by atoms with Crippen LogP contribution in [0.1, 0.15) is 10.4 Å². The van der Waals surface area contributed by atoms with Crippen molar-refractivity contribution in [2.24, 2.45) is 0 Å². The SMILES string of the molecule is O=C(c1cccc2nccnc12)N1CCN(c2ncccn2)CC1. The van der Waals surface area contributed by atoms with Crippen molar-refractivity contribution in [3.63, 3.8) is 0 Å². The van der Waals surface area contributed by atoms with E-state index in [-0.39, 0.29) is 5.91 Å². The van der Waals surface area contributed by atoms with E-state index in [2.05, 4.69) is 24.8 Å². The first-order chi connectivity index (χ1) is 11.8. The van der Waals surface area contributed by atoms with E-state index in [9.17, 15) is 4.79 Å². The molecule has 2 aromatic heterocycles. The Bertz CT molecular complexity index is 856. The molecule has 24 heavy (non-hydrogen) atoms. The number of hydrogen-bond donors (Lipinski definition) is 0. The minimum Gasteiger partial charge on any atom is -0.337 e. The fourth-order valence-electron chi connectivity index (χ4n) is 2.90. The summed E-state index contributed by atoms with van der Waals surface area (Å²) in [5.74, 6) is 0.704. The highest BCUT2D eigenvalue weighted by atomic mass is 16.2. The van der Waals surface area contributed by atoms with E-state index >= 15 is 0 Å². The lowest BCUT2D eigenvalue weighted by Crippen LogP contribution is -2.49. The number of carbonyl (C=O) groups excluding carboxylic acids is 1. The molecule has 7 nitrogen and oxygen atoms in total. The van der Waals surface area contributed by atoms with Gasteiger partial charge in [-0.15, -0.1) is 0 Å². The first-order valence-corrected chi connectivity index (χ1v) is 7.84. The van der Waals surface area contributed by atoms with Crippen LogP contribution in [0.25, 0.3) is 11.0 Å². The Kier molecular flexibility index (Phi) is 3.74. The van der Waals surface area contributed by atoms with Crippen molar-refractivity contribution < 1.29 is 4.79 Å². The van der Waals surface area contributed by atoms with Gasteiger partial charge in [0.25, 0.3) is 5.91 Å². The summed E-state index contributed by atoms with van der Waals surface area (Å²) in [5.41, 5.74) is 1.99. The van der Waals surface area contributed by atoms with E-state index in [1.165, 1.54) is 0 Å². The van der Waals surface area contributed by atoms with Gasteiger partial charge in [-0.2, -0.15) is 0 Å². The van der Waals surface area contributed by atoms with E-state index in [1.54, 1.807) is 30.9 Å². The number of benzene rings is 1. The number of piperazine rings is 1. The summed E-state index contributed by atoms with van der Waals surface area (Å²) >= 11 is 0. The van der Waals surface area contributed by atoms with E-state index < -0.39 is 0 Å². The number of amides is 1. The van der Waals surface area contributed by atoms with Crippen LogP contribution in [0.4, 0.5) is 5.95 Å². The van der Waals surface area contributed by atoms with Gasteiger partial charge in [0.1, 0.15) is 5.52 Å². The van der Waals surface area contributed by atoms with Gasteiger partial charge in [0.05, 0.1) is 11.1 Å². The second-order valence-electron chi connectivity index (χ2n) is 5.56. The molecule has 0 unspecified atom stereocenters. The molecule has 1 saturated heterocycles. The summed E-state index contributed by atoms with van der Waals surface area (Å²) in [6.45, 7) is 2.69. The third kappa shape index (κ3) is 2.64. The molecular weight excluding hydrogens is 304 g/mol. The van der Waals surface area contributed by atoms with Crippen LogP contribution in [0.2, 0.25) is 0 Å². The van der Waals surface area contributed by atoms with Gasteiger partial charge in [0.15, 0.2) is 0 Å².